The number of ether oxygens (including phenoxy) is 1. The highest BCUT2D eigenvalue weighted by molar-refractivity contribution is 5.78. The van der Waals surface area contributed by atoms with Crippen molar-refractivity contribution in [3.8, 4) is 5.75 Å². The molecule has 4 nitrogen and oxygen atoms in total. The average Bonchev–Trinajstić information content (AvgIpc) is 2.68. The first-order chi connectivity index (χ1) is 12.8. The predicted octanol–water partition coefficient (Wildman–Crippen LogP) is 3.56. The molecule has 0 atom stereocenters. The number of hydrogen-bond acceptors (Lipinski definition) is 4. The van der Waals surface area contributed by atoms with Crippen LogP contribution in [-0.2, 0) is 13.2 Å². The van der Waals surface area contributed by atoms with Gasteiger partial charge >= 0.3 is 0 Å². The summed E-state index contributed by atoms with van der Waals surface area (Å²) in [4.78, 5) is 9.56. The number of rotatable bonds is 5. The van der Waals surface area contributed by atoms with Crippen LogP contribution in [0, 0.1) is 0 Å². The van der Waals surface area contributed by atoms with Crippen LogP contribution in [-0.4, -0.2) is 48.0 Å². The second-order valence-corrected chi connectivity index (χ2v) is 7.01. The Morgan fingerprint density at radius 3 is 2.65 bits per heavy atom. The molecule has 26 heavy (non-hydrogen) atoms. The van der Waals surface area contributed by atoms with E-state index in [0.717, 1.165) is 55.1 Å². The Bertz CT molecular complexity index is 872. The van der Waals surface area contributed by atoms with E-state index in [1.165, 1.54) is 5.56 Å². The van der Waals surface area contributed by atoms with Gasteiger partial charge in [-0.1, -0.05) is 36.4 Å². The van der Waals surface area contributed by atoms with Gasteiger partial charge in [-0.3, -0.25) is 4.90 Å². The lowest BCUT2D eigenvalue weighted by Gasteiger charge is -2.32. The summed E-state index contributed by atoms with van der Waals surface area (Å²) in [5.41, 5.74) is 3.27. The van der Waals surface area contributed by atoms with Crippen LogP contribution >= 0.6 is 0 Å². The molecule has 2 heterocycles. The maximum absolute atomic E-state index is 6.00. The third kappa shape index (κ3) is 4.21. The van der Waals surface area contributed by atoms with Gasteiger partial charge in [0.15, 0.2) is 0 Å². The fraction of sp³-hybridized carbons (Fsp3) is 0.318. The standard InChI is InChI=1S/C22H25N3O/c1-24-11-13-25(14-12-24)16-18-5-4-7-21(15-18)26-17-20-10-9-19-6-2-3-8-22(19)23-20/h2-10,15H,11-14,16-17H2,1H3. The van der Waals surface area contributed by atoms with E-state index in [0.29, 0.717) is 6.61 Å². The number of pyridine rings is 1. The average molecular weight is 347 g/mol. The molecule has 2 aromatic carbocycles. The molecule has 0 spiro atoms. The van der Waals surface area contributed by atoms with E-state index in [1.54, 1.807) is 0 Å². The van der Waals surface area contributed by atoms with Crippen LogP contribution in [0.5, 0.6) is 5.75 Å². The van der Waals surface area contributed by atoms with Gasteiger partial charge in [0, 0.05) is 38.1 Å². The number of nitrogens with zero attached hydrogens (tertiary/aromatic N) is 3. The van der Waals surface area contributed by atoms with Gasteiger partial charge in [-0.25, -0.2) is 4.98 Å². The zero-order chi connectivity index (χ0) is 17.8. The van der Waals surface area contributed by atoms with E-state index in [1.807, 2.05) is 30.3 Å². The fourth-order valence-corrected chi connectivity index (χ4v) is 3.34. The van der Waals surface area contributed by atoms with Crippen molar-refractivity contribution in [3.05, 3.63) is 71.9 Å². The first-order valence-electron chi connectivity index (χ1n) is 9.23. The van der Waals surface area contributed by atoms with Crippen molar-refractivity contribution < 1.29 is 4.74 Å². The zero-order valence-corrected chi connectivity index (χ0v) is 15.3. The number of fused-ring (bicyclic) bond motifs is 1. The van der Waals surface area contributed by atoms with Crippen molar-refractivity contribution in [1.29, 1.82) is 0 Å². The van der Waals surface area contributed by atoms with Crippen molar-refractivity contribution in [3.63, 3.8) is 0 Å². The lowest BCUT2D eigenvalue weighted by Crippen LogP contribution is -2.43. The van der Waals surface area contributed by atoms with Crippen molar-refractivity contribution in [2.45, 2.75) is 13.2 Å². The monoisotopic (exact) mass is 347 g/mol. The Morgan fingerprint density at radius 2 is 1.77 bits per heavy atom. The summed E-state index contributed by atoms with van der Waals surface area (Å²) in [7, 11) is 2.19. The first kappa shape index (κ1) is 17.0. The van der Waals surface area contributed by atoms with Crippen molar-refractivity contribution >= 4 is 10.9 Å². The van der Waals surface area contributed by atoms with Gasteiger partial charge < -0.3 is 9.64 Å². The highest BCUT2D eigenvalue weighted by atomic mass is 16.5. The van der Waals surface area contributed by atoms with E-state index in [4.69, 9.17) is 4.74 Å². The molecule has 4 rings (SSSR count). The topological polar surface area (TPSA) is 28.6 Å². The van der Waals surface area contributed by atoms with Crippen LogP contribution in [0.2, 0.25) is 0 Å². The van der Waals surface area contributed by atoms with Gasteiger partial charge in [0.2, 0.25) is 0 Å². The minimum Gasteiger partial charge on any atom is -0.487 e. The molecule has 4 heteroatoms. The highest BCUT2D eigenvalue weighted by Crippen LogP contribution is 2.18. The molecule has 3 aromatic rings. The molecule has 1 aliphatic heterocycles. The zero-order valence-electron chi connectivity index (χ0n) is 15.3. The second-order valence-electron chi connectivity index (χ2n) is 7.01. The summed E-state index contributed by atoms with van der Waals surface area (Å²) in [5.74, 6) is 0.909. The third-order valence-electron chi connectivity index (χ3n) is 4.94. The number of benzene rings is 2. The predicted molar refractivity (Wildman–Crippen MR) is 105 cm³/mol. The summed E-state index contributed by atoms with van der Waals surface area (Å²) in [5, 5.41) is 1.16. The minimum absolute atomic E-state index is 0.489. The minimum atomic E-state index is 0.489. The maximum Gasteiger partial charge on any atom is 0.130 e. The molecule has 0 amide bonds. The Labute approximate surface area is 155 Å². The van der Waals surface area contributed by atoms with Crippen LogP contribution < -0.4 is 4.74 Å². The SMILES string of the molecule is CN1CCN(Cc2cccc(OCc3ccc4ccccc4n3)c2)CC1. The van der Waals surface area contributed by atoms with Gasteiger partial charge in [-0.15, -0.1) is 0 Å². The maximum atomic E-state index is 6.00. The van der Waals surface area contributed by atoms with E-state index in [2.05, 4.69) is 52.2 Å². The smallest absolute Gasteiger partial charge is 0.130 e. The molecule has 134 valence electrons. The number of para-hydroxylation sites is 1. The van der Waals surface area contributed by atoms with Crippen LogP contribution in [0.3, 0.4) is 0 Å². The van der Waals surface area contributed by atoms with Gasteiger partial charge in [-0.2, -0.15) is 0 Å². The molecular weight excluding hydrogens is 322 g/mol. The van der Waals surface area contributed by atoms with Crippen LogP contribution in [0.15, 0.2) is 60.7 Å². The molecule has 1 saturated heterocycles. The summed E-state index contributed by atoms with van der Waals surface area (Å²) >= 11 is 0. The van der Waals surface area contributed by atoms with Crippen molar-refractivity contribution in [2.24, 2.45) is 0 Å². The molecule has 1 fully saturated rings. The van der Waals surface area contributed by atoms with E-state index in [-0.39, 0.29) is 0 Å². The van der Waals surface area contributed by atoms with Gasteiger partial charge in [0.05, 0.1) is 11.2 Å². The largest absolute Gasteiger partial charge is 0.487 e. The van der Waals surface area contributed by atoms with Crippen LogP contribution in [0.4, 0.5) is 0 Å². The molecule has 0 saturated carbocycles. The summed E-state index contributed by atoms with van der Waals surface area (Å²) in [6.45, 7) is 6.01. The van der Waals surface area contributed by atoms with E-state index < -0.39 is 0 Å². The molecule has 0 unspecified atom stereocenters. The molecule has 0 aliphatic carbocycles. The van der Waals surface area contributed by atoms with Gasteiger partial charge in [0.25, 0.3) is 0 Å². The Morgan fingerprint density at radius 1 is 0.923 bits per heavy atom. The number of aromatic nitrogens is 1. The van der Waals surface area contributed by atoms with Crippen LogP contribution in [0.25, 0.3) is 10.9 Å². The first-order valence-corrected chi connectivity index (χ1v) is 9.23. The Balaban J connectivity index is 1.38. The number of hydrogen-bond donors (Lipinski definition) is 0. The van der Waals surface area contributed by atoms with E-state index >= 15 is 0 Å². The van der Waals surface area contributed by atoms with Gasteiger partial charge in [-0.05, 0) is 36.9 Å². The number of piperazine rings is 1. The highest BCUT2D eigenvalue weighted by Gasteiger charge is 2.14. The lowest BCUT2D eigenvalue weighted by molar-refractivity contribution is 0.148. The van der Waals surface area contributed by atoms with Crippen molar-refractivity contribution in [1.82, 2.24) is 14.8 Å². The summed E-state index contributed by atoms with van der Waals surface area (Å²) in [6.07, 6.45) is 0. The molecule has 0 bridgehead atoms. The molecule has 0 N–H and O–H groups in total. The number of likely N-dealkylation sites (N-methyl/N-ethyl adjacent to an activating group) is 1. The molecule has 0 radical (unpaired) electrons. The molecular formula is C22H25N3O. The summed E-state index contributed by atoms with van der Waals surface area (Å²) in [6, 6.07) is 20.7. The Hall–Kier alpha value is -2.43. The van der Waals surface area contributed by atoms with Crippen molar-refractivity contribution in [2.75, 3.05) is 33.2 Å². The third-order valence-corrected chi connectivity index (χ3v) is 4.94. The second kappa shape index (κ2) is 7.85. The molecule has 1 aliphatic rings. The Kier molecular flexibility index (Phi) is 5.14. The molecule has 1 aromatic heterocycles. The normalized spacial score (nSPS) is 16.0. The van der Waals surface area contributed by atoms with Gasteiger partial charge in [0.1, 0.15) is 12.4 Å². The fourth-order valence-electron chi connectivity index (χ4n) is 3.34. The quantitative estimate of drug-likeness (QED) is 0.706. The van der Waals surface area contributed by atoms with E-state index in [9.17, 15) is 0 Å². The summed E-state index contributed by atoms with van der Waals surface area (Å²) < 4.78 is 6.00. The van der Waals surface area contributed by atoms with Crippen LogP contribution in [0.1, 0.15) is 11.3 Å². The lowest BCUT2D eigenvalue weighted by atomic mass is 10.2.